The molecule has 1 heterocycles. The van der Waals surface area contributed by atoms with Gasteiger partial charge in [-0.25, -0.2) is 10.8 Å². The van der Waals surface area contributed by atoms with Gasteiger partial charge in [-0.1, -0.05) is 0 Å². The highest BCUT2D eigenvalue weighted by Gasteiger charge is 2.33. The van der Waals surface area contributed by atoms with Crippen LogP contribution >= 0.6 is 0 Å². The molecule has 0 aliphatic carbocycles. The van der Waals surface area contributed by atoms with Crippen molar-refractivity contribution in [1.82, 2.24) is 9.97 Å². The van der Waals surface area contributed by atoms with Crippen LogP contribution in [-0.2, 0) is 17.0 Å². The summed E-state index contributed by atoms with van der Waals surface area (Å²) in [5, 5.41) is 2.45. The lowest BCUT2D eigenvalue weighted by Gasteiger charge is -2.13. The normalized spacial score (nSPS) is 14.8. The number of nitrogen functional groups attached to an aromatic ring is 1. The summed E-state index contributed by atoms with van der Waals surface area (Å²) >= 11 is 0. The van der Waals surface area contributed by atoms with Crippen molar-refractivity contribution < 1.29 is 17.4 Å². The fourth-order valence-electron chi connectivity index (χ4n) is 1.11. The average Bonchev–Trinajstić information content (AvgIpc) is 2.34. The van der Waals surface area contributed by atoms with E-state index in [-0.39, 0.29) is 23.6 Å². The standard InChI is InChI=1S/C9H14F3N5OS/c1-5(19(2)18)4-14-7-3-6(9(10,11)12)15-8(16-7)17-13/h3,5H,4,13H2,1-2H3,(H2,14,15,16,17). The van der Waals surface area contributed by atoms with Gasteiger partial charge >= 0.3 is 6.18 Å². The Kier molecular flexibility index (Phi) is 5.06. The first kappa shape index (κ1) is 15.6. The predicted molar refractivity (Wildman–Crippen MR) is 66.9 cm³/mol. The number of hydrogen-bond acceptors (Lipinski definition) is 6. The van der Waals surface area contributed by atoms with Gasteiger partial charge < -0.3 is 5.32 Å². The Labute approximate surface area is 110 Å². The highest BCUT2D eigenvalue weighted by Crippen LogP contribution is 2.29. The minimum atomic E-state index is -4.59. The number of nitrogens with two attached hydrogens (primary N) is 1. The average molecular weight is 297 g/mol. The second kappa shape index (κ2) is 6.15. The lowest BCUT2D eigenvalue weighted by molar-refractivity contribution is -0.141. The largest absolute Gasteiger partial charge is 0.433 e. The number of hydrogen-bond donors (Lipinski definition) is 3. The van der Waals surface area contributed by atoms with Crippen LogP contribution in [0, 0.1) is 0 Å². The molecule has 0 saturated heterocycles. The van der Waals surface area contributed by atoms with E-state index in [1.165, 1.54) is 6.26 Å². The van der Waals surface area contributed by atoms with E-state index in [0.29, 0.717) is 0 Å². The van der Waals surface area contributed by atoms with Gasteiger partial charge in [0.05, 0.1) is 0 Å². The molecule has 2 unspecified atom stereocenters. The summed E-state index contributed by atoms with van der Waals surface area (Å²) in [7, 11) is -1.08. The van der Waals surface area contributed by atoms with Gasteiger partial charge in [0.1, 0.15) is 5.82 Å². The number of hydrazine groups is 1. The molecular formula is C9H14F3N5OS. The van der Waals surface area contributed by atoms with Crippen molar-refractivity contribution in [2.45, 2.75) is 18.3 Å². The van der Waals surface area contributed by atoms with Gasteiger partial charge in [-0.3, -0.25) is 9.63 Å². The lowest BCUT2D eigenvalue weighted by atomic mass is 10.3. The summed E-state index contributed by atoms with van der Waals surface area (Å²) in [5.41, 5.74) is 0.860. The molecule has 0 bridgehead atoms. The fourth-order valence-corrected chi connectivity index (χ4v) is 1.43. The van der Waals surface area contributed by atoms with Crippen LogP contribution in [0.25, 0.3) is 0 Å². The zero-order valence-electron chi connectivity index (χ0n) is 10.3. The van der Waals surface area contributed by atoms with Gasteiger partial charge in [0.2, 0.25) is 5.95 Å². The second-order valence-corrected chi connectivity index (χ2v) is 5.60. The third-order valence-electron chi connectivity index (χ3n) is 2.28. The van der Waals surface area contributed by atoms with Gasteiger partial charge in [-0.15, -0.1) is 0 Å². The first-order valence-corrected chi connectivity index (χ1v) is 6.85. The first-order chi connectivity index (χ1) is 8.74. The Morgan fingerprint density at radius 3 is 2.58 bits per heavy atom. The van der Waals surface area contributed by atoms with E-state index in [4.69, 9.17) is 5.84 Å². The Hall–Kier alpha value is -1.42. The first-order valence-electron chi connectivity index (χ1n) is 5.23. The molecule has 0 aromatic carbocycles. The van der Waals surface area contributed by atoms with Crippen molar-refractivity contribution in [2.24, 2.45) is 5.84 Å². The van der Waals surface area contributed by atoms with Crippen LogP contribution in [0.1, 0.15) is 12.6 Å². The number of aromatic nitrogens is 2. The van der Waals surface area contributed by atoms with Crippen molar-refractivity contribution in [1.29, 1.82) is 0 Å². The topological polar surface area (TPSA) is 92.9 Å². The number of nitrogens with one attached hydrogen (secondary N) is 2. The fraction of sp³-hybridized carbons (Fsp3) is 0.556. The van der Waals surface area contributed by atoms with Gasteiger partial charge in [0.25, 0.3) is 0 Å². The van der Waals surface area contributed by atoms with Crippen molar-refractivity contribution >= 4 is 22.6 Å². The second-order valence-electron chi connectivity index (χ2n) is 3.79. The van der Waals surface area contributed by atoms with E-state index in [1.54, 1.807) is 6.92 Å². The summed E-state index contributed by atoms with van der Waals surface area (Å²) in [6, 6.07) is 0.770. The monoisotopic (exact) mass is 297 g/mol. The maximum absolute atomic E-state index is 12.6. The molecule has 2 atom stereocenters. The van der Waals surface area contributed by atoms with Gasteiger partial charge in [-0.2, -0.15) is 18.2 Å². The van der Waals surface area contributed by atoms with Crippen LogP contribution in [0.5, 0.6) is 0 Å². The highest BCUT2D eigenvalue weighted by atomic mass is 32.2. The van der Waals surface area contributed by atoms with Crippen molar-refractivity contribution in [2.75, 3.05) is 23.5 Å². The maximum Gasteiger partial charge on any atom is 0.433 e. The summed E-state index contributed by atoms with van der Waals surface area (Å²) in [6.07, 6.45) is -3.08. The molecule has 0 spiro atoms. The number of nitrogens with zero attached hydrogens (tertiary/aromatic N) is 2. The molecule has 0 fully saturated rings. The van der Waals surface area contributed by atoms with Crippen LogP contribution < -0.4 is 16.6 Å². The minimum absolute atomic E-state index is 0.0347. The molecule has 6 nitrogen and oxygen atoms in total. The van der Waals surface area contributed by atoms with E-state index >= 15 is 0 Å². The van der Waals surface area contributed by atoms with Gasteiger partial charge in [0, 0.05) is 34.9 Å². The molecule has 0 saturated carbocycles. The third-order valence-corrected chi connectivity index (χ3v) is 3.58. The molecule has 1 aromatic rings. The lowest BCUT2D eigenvalue weighted by Crippen LogP contribution is -2.22. The van der Waals surface area contributed by atoms with E-state index in [0.717, 1.165) is 6.07 Å². The quantitative estimate of drug-likeness (QED) is 0.554. The number of anilines is 2. The van der Waals surface area contributed by atoms with E-state index in [9.17, 15) is 17.4 Å². The molecule has 0 radical (unpaired) electrons. The molecule has 19 heavy (non-hydrogen) atoms. The molecule has 10 heteroatoms. The van der Waals surface area contributed by atoms with Crippen LogP contribution in [0.3, 0.4) is 0 Å². The van der Waals surface area contributed by atoms with Crippen LogP contribution in [0.15, 0.2) is 6.07 Å². The van der Waals surface area contributed by atoms with Gasteiger partial charge in [-0.05, 0) is 6.92 Å². The number of alkyl halides is 3. The summed E-state index contributed by atoms with van der Waals surface area (Å²) in [4.78, 5) is 6.95. The maximum atomic E-state index is 12.6. The van der Waals surface area contributed by atoms with Gasteiger partial charge in [0.15, 0.2) is 5.69 Å². The zero-order valence-corrected chi connectivity index (χ0v) is 11.1. The molecule has 1 aromatic heterocycles. The Morgan fingerprint density at radius 2 is 2.11 bits per heavy atom. The summed E-state index contributed by atoms with van der Waals surface area (Å²) in [6.45, 7) is 1.93. The van der Waals surface area contributed by atoms with Crippen molar-refractivity contribution in [3.63, 3.8) is 0 Å². The number of halogens is 3. The minimum Gasteiger partial charge on any atom is -0.369 e. The Bertz CT molecular complexity index is 468. The Balaban J connectivity index is 2.92. The van der Waals surface area contributed by atoms with E-state index < -0.39 is 22.7 Å². The van der Waals surface area contributed by atoms with Crippen molar-refractivity contribution in [3.8, 4) is 0 Å². The van der Waals surface area contributed by atoms with Crippen LogP contribution in [-0.4, -0.2) is 32.2 Å². The SMILES string of the molecule is CC(CNc1cc(C(F)(F)F)nc(NN)n1)S(C)=O. The Morgan fingerprint density at radius 1 is 1.47 bits per heavy atom. The number of rotatable bonds is 5. The molecule has 0 aliphatic heterocycles. The molecule has 1 rings (SSSR count). The van der Waals surface area contributed by atoms with E-state index in [1.807, 2.05) is 5.43 Å². The third kappa shape index (κ3) is 4.63. The smallest absolute Gasteiger partial charge is 0.369 e. The zero-order chi connectivity index (χ0) is 14.6. The summed E-state index contributed by atoms with van der Waals surface area (Å²) < 4.78 is 48.9. The molecule has 0 amide bonds. The summed E-state index contributed by atoms with van der Waals surface area (Å²) in [5.74, 6) is 4.64. The predicted octanol–water partition coefficient (Wildman–Crippen LogP) is 0.960. The van der Waals surface area contributed by atoms with Crippen LogP contribution in [0.4, 0.5) is 24.9 Å². The molecule has 108 valence electrons. The molecule has 4 N–H and O–H groups in total. The van der Waals surface area contributed by atoms with E-state index in [2.05, 4.69) is 15.3 Å². The van der Waals surface area contributed by atoms with Crippen LogP contribution in [0.2, 0.25) is 0 Å². The highest BCUT2D eigenvalue weighted by molar-refractivity contribution is 7.84. The van der Waals surface area contributed by atoms with Crippen molar-refractivity contribution in [3.05, 3.63) is 11.8 Å². The molecule has 0 aliphatic rings. The molecular weight excluding hydrogens is 283 g/mol.